The molecule has 0 aliphatic heterocycles. The summed E-state index contributed by atoms with van der Waals surface area (Å²) in [5.74, 6) is -0.648. The third kappa shape index (κ3) is 2.68. The Labute approximate surface area is 165 Å². The number of aromatic hydroxyl groups is 4. The van der Waals surface area contributed by atoms with Gasteiger partial charge >= 0.3 is 0 Å². The molecule has 4 N–H and O–H groups in total. The lowest BCUT2D eigenvalue weighted by Gasteiger charge is -2.21. The van der Waals surface area contributed by atoms with E-state index in [1.807, 2.05) is 52.0 Å². The van der Waals surface area contributed by atoms with Gasteiger partial charge in [-0.2, -0.15) is 0 Å². The molecule has 3 aromatic carbocycles. The van der Waals surface area contributed by atoms with Crippen LogP contribution in [0.4, 0.5) is 0 Å². The predicted molar refractivity (Wildman–Crippen MR) is 112 cm³/mol. The lowest BCUT2D eigenvalue weighted by Crippen LogP contribution is -1.98. The summed E-state index contributed by atoms with van der Waals surface area (Å²) in [4.78, 5) is 0. The number of phenols is 4. The SMILES string of the molecule is Cc1c(C)c(O)c(O)c(-c2ccccc2-c2c(C)c(C)c(C)c(O)c2O)c1C. The number of hydrogen-bond acceptors (Lipinski definition) is 4. The number of benzene rings is 3. The Balaban J connectivity index is 2.46. The molecule has 3 rings (SSSR count). The van der Waals surface area contributed by atoms with Gasteiger partial charge in [0.05, 0.1) is 0 Å². The summed E-state index contributed by atoms with van der Waals surface area (Å²) >= 11 is 0. The fraction of sp³-hybridized carbons (Fsp3) is 0.250. The van der Waals surface area contributed by atoms with Crippen LogP contribution in [0.25, 0.3) is 22.3 Å². The van der Waals surface area contributed by atoms with E-state index in [9.17, 15) is 20.4 Å². The van der Waals surface area contributed by atoms with Crippen LogP contribution in [0.3, 0.4) is 0 Å². The van der Waals surface area contributed by atoms with Crippen LogP contribution in [0.1, 0.15) is 33.4 Å². The minimum absolute atomic E-state index is 0.142. The molecule has 0 fully saturated rings. The van der Waals surface area contributed by atoms with Crippen molar-refractivity contribution in [2.75, 3.05) is 0 Å². The van der Waals surface area contributed by atoms with E-state index in [4.69, 9.17) is 0 Å². The molecule has 0 amide bonds. The lowest BCUT2D eigenvalue weighted by atomic mass is 9.85. The minimum atomic E-state index is -0.182. The van der Waals surface area contributed by atoms with Gasteiger partial charge in [0.1, 0.15) is 0 Å². The molecule has 4 nitrogen and oxygen atoms in total. The van der Waals surface area contributed by atoms with Crippen molar-refractivity contribution in [1.82, 2.24) is 0 Å². The van der Waals surface area contributed by atoms with Gasteiger partial charge in [0.15, 0.2) is 23.0 Å². The molecular formula is C24H26O4. The molecule has 4 heteroatoms. The van der Waals surface area contributed by atoms with Gasteiger partial charge in [-0.1, -0.05) is 24.3 Å². The summed E-state index contributed by atoms with van der Waals surface area (Å²) in [7, 11) is 0. The van der Waals surface area contributed by atoms with Gasteiger partial charge in [-0.3, -0.25) is 0 Å². The Morgan fingerprint density at radius 2 is 0.750 bits per heavy atom. The zero-order valence-corrected chi connectivity index (χ0v) is 17.1. The normalized spacial score (nSPS) is 11.1. The molecule has 0 heterocycles. The Bertz CT molecular complexity index is 964. The smallest absolute Gasteiger partial charge is 0.166 e. The molecule has 0 bridgehead atoms. The number of hydrogen-bond donors (Lipinski definition) is 4. The summed E-state index contributed by atoms with van der Waals surface area (Å²) in [6.07, 6.45) is 0. The third-order valence-electron chi connectivity index (χ3n) is 6.10. The second-order valence-electron chi connectivity index (χ2n) is 7.44. The maximum atomic E-state index is 10.7. The van der Waals surface area contributed by atoms with Crippen molar-refractivity contribution in [2.45, 2.75) is 41.5 Å². The van der Waals surface area contributed by atoms with E-state index in [1.54, 1.807) is 13.8 Å². The molecule has 0 spiro atoms. The molecule has 0 aliphatic carbocycles. The van der Waals surface area contributed by atoms with Crippen LogP contribution in [0, 0.1) is 41.5 Å². The van der Waals surface area contributed by atoms with Crippen molar-refractivity contribution in [3.63, 3.8) is 0 Å². The summed E-state index contributed by atoms with van der Waals surface area (Å²) in [5, 5.41) is 42.3. The van der Waals surface area contributed by atoms with Crippen LogP contribution in [0.5, 0.6) is 23.0 Å². The second kappa shape index (κ2) is 6.79. The van der Waals surface area contributed by atoms with E-state index < -0.39 is 0 Å². The van der Waals surface area contributed by atoms with E-state index in [1.165, 1.54) is 0 Å². The monoisotopic (exact) mass is 378 g/mol. The maximum Gasteiger partial charge on any atom is 0.166 e. The molecule has 0 radical (unpaired) electrons. The molecule has 0 atom stereocenters. The molecule has 0 saturated heterocycles. The van der Waals surface area contributed by atoms with Crippen molar-refractivity contribution in [3.05, 3.63) is 57.6 Å². The van der Waals surface area contributed by atoms with Crippen LogP contribution in [0.2, 0.25) is 0 Å². The summed E-state index contributed by atoms with van der Waals surface area (Å²) in [6, 6.07) is 7.38. The first-order chi connectivity index (χ1) is 13.1. The first-order valence-electron chi connectivity index (χ1n) is 9.22. The van der Waals surface area contributed by atoms with E-state index >= 15 is 0 Å². The minimum Gasteiger partial charge on any atom is -0.504 e. The largest absolute Gasteiger partial charge is 0.504 e. The van der Waals surface area contributed by atoms with Gasteiger partial charge in [-0.15, -0.1) is 0 Å². The second-order valence-corrected chi connectivity index (χ2v) is 7.44. The highest BCUT2D eigenvalue weighted by atomic mass is 16.3. The molecule has 146 valence electrons. The highest BCUT2D eigenvalue weighted by molar-refractivity contribution is 5.93. The zero-order chi connectivity index (χ0) is 20.9. The molecule has 0 unspecified atom stereocenters. The van der Waals surface area contributed by atoms with Crippen molar-refractivity contribution < 1.29 is 20.4 Å². The van der Waals surface area contributed by atoms with Gasteiger partial charge in [0.25, 0.3) is 0 Å². The topological polar surface area (TPSA) is 80.9 Å². The fourth-order valence-corrected chi connectivity index (χ4v) is 3.82. The van der Waals surface area contributed by atoms with Crippen LogP contribution < -0.4 is 0 Å². The van der Waals surface area contributed by atoms with Crippen molar-refractivity contribution in [3.8, 4) is 45.3 Å². The first kappa shape index (κ1) is 19.6. The van der Waals surface area contributed by atoms with Crippen molar-refractivity contribution in [2.24, 2.45) is 0 Å². The summed E-state index contributed by atoms with van der Waals surface area (Å²) in [5.41, 5.74) is 7.16. The lowest BCUT2D eigenvalue weighted by molar-refractivity contribution is 0.401. The molecule has 28 heavy (non-hydrogen) atoms. The standard InChI is InChI=1S/C24H26O4/c1-11-13(3)19(23(27)21(25)15(11)5)17-9-7-8-10-18(17)20-14(4)12(2)16(6)22(26)24(20)28/h7-10,25-28H,1-6H3. The Morgan fingerprint density at radius 1 is 0.429 bits per heavy atom. The fourth-order valence-electron chi connectivity index (χ4n) is 3.82. The molecule has 0 saturated carbocycles. The summed E-state index contributed by atoms with van der Waals surface area (Å²) in [6.45, 7) is 11.1. The predicted octanol–water partition coefficient (Wildman–Crippen LogP) is 5.69. The van der Waals surface area contributed by atoms with Crippen LogP contribution in [0.15, 0.2) is 24.3 Å². The third-order valence-corrected chi connectivity index (χ3v) is 6.10. The molecule has 0 aromatic heterocycles. The molecular weight excluding hydrogens is 352 g/mol. The van der Waals surface area contributed by atoms with Crippen molar-refractivity contribution in [1.29, 1.82) is 0 Å². The van der Waals surface area contributed by atoms with Crippen molar-refractivity contribution >= 4 is 0 Å². The van der Waals surface area contributed by atoms with Gasteiger partial charge in [0.2, 0.25) is 0 Å². The van der Waals surface area contributed by atoms with Gasteiger partial charge < -0.3 is 20.4 Å². The van der Waals surface area contributed by atoms with E-state index in [-0.39, 0.29) is 23.0 Å². The highest BCUT2D eigenvalue weighted by Gasteiger charge is 2.24. The van der Waals surface area contributed by atoms with E-state index in [2.05, 4.69) is 0 Å². The Kier molecular flexibility index (Phi) is 4.76. The van der Waals surface area contributed by atoms with Crippen LogP contribution in [-0.4, -0.2) is 20.4 Å². The first-order valence-corrected chi connectivity index (χ1v) is 9.22. The van der Waals surface area contributed by atoms with E-state index in [0.29, 0.717) is 33.4 Å². The summed E-state index contributed by atoms with van der Waals surface area (Å²) < 4.78 is 0. The Hall–Kier alpha value is -3.14. The van der Waals surface area contributed by atoms with Crippen LogP contribution >= 0.6 is 0 Å². The quantitative estimate of drug-likeness (QED) is 0.432. The molecule has 3 aromatic rings. The number of phenolic OH excluding ortho intramolecular Hbond substituents is 4. The zero-order valence-electron chi connectivity index (χ0n) is 17.1. The highest BCUT2D eigenvalue weighted by Crippen LogP contribution is 2.50. The van der Waals surface area contributed by atoms with E-state index in [0.717, 1.165) is 22.3 Å². The average molecular weight is 378 g/mol. The maximum absolute atomic E-state index is 10.7. The van der Waals surface area contributed by atoms with Gasteiger partial charge in [-0.05, 0) is 86.1 Å². The van der Waals surface area contributed by atoms with Gasteiger partial charge in [0, 0.05) is 11.1 Å². The average Bonchev–Trinajstić information content (AvgIpc) is 2.69. The van der Waals surface area contributed by atoms with Crippen LogP contribution in [-0.2, 0) is 0 Å². The number of rotatable bonds is 2. The van der Waals surface area contributed by atoms with Gasteiger partial charge in [-0.25, -0.2) is 0 Å². The Morgan fingerprint density at radius 3 is 1.07 bits per heavy atom. The molecule has 0 aliphatic rings.